The highest BCUT2D eigenvalue weighted by molar-refractivity contribution is 7.92. The van der Waals surface area contributed by atoms with Gasteiger partial charge in [-0.2, -0.15) is 0 Å². The molecule has 0 aromatic heterocycles. The molecular formula is C16H18N2O2S. The Kier molecular flexibility index (Phi) is 3.59. The van der Waals surface area contributed by atoms with Crippen molar-refractivity contribution in [3.8, 4) is 0 Å². The Morgan fingerprint density at radius 1 is 0.905 bits per heavy atom. The lowest BCUT2D eigenvalue weighted by Crippen LogP contribution is -2.43. The molecule has 5 heteroatoms. The maximum absolute atomic E-state index is 12.7. The molecule has 1 heterocycles. The fourth-order valence-corrected chi connectivity index (χ4v) is 4.21. The smallest absolute Gasteiger partial charge is 0.239 e. The first-order valence-electron chi connectivity index (χ1n) is 6.92. The molecule has 21 heavy (non-hydrogen) atoms. The third-order valence-electron chi connectivity index (χ3n) is 3.73. The second-order valence-corrected chi connectivity index (χ2v) is 7.12. The highest BCUT2D eigenvalue weighted by Crippen LogP contribution is 2.34. The lowest BCUT2D eigenvalue weighted by Gasteiger charge is -2.36. The van der Waals surface area contributed by atoms with Gasteiger partial charge < -0.3 is 4.90 Å². The van der Waals surface area contributed by atoms with Gasteiger partial charge in [-0.3, -0.25) is 4.31 Å². The fraction of sp³-hybridized carbons (Fsp3) is 0.250. The van der Waals surface area contributed by atoms with E-state index in [0.717, 1.165) is 16.9 Å². The van der Waals surface area contributed by atoms with Gasteiger partial charge in [-0.25, -0.2) is 8.42 Å². The standard InChI is InChI=1S/C16H18N2O2S/c1-17-11-12-18(16-10-6-5-9-15(16)17)21(19,20)13-14-7-3-2-4-8-14/h2-10H,11-13H2,1H3. The number of rotatable bonds is 3. The first-order chi connectivity index (χ1) is 10.1. The Balaban J connectivity index is 1.95. The van der Waals surface area contributed by atoms with E-state index in [4.69, 9.17) is 0 Å². The monoisotopic (exact) mass is 302 g/mol. The Hall–Kier alpha value is -2.01. The van der Waals surface area contributed by atoms with Gasteiger partial charge >= 0.3 is 0 Å². The average molecular weight is 302 g/mol. The lowest BCUT2D eigenvalue weighted by molar-refractivity contribution is 0.588. The zero-order valence-electron chi connectivity index (χ0n) is 11.9. The van der Waals surface area contributed by atoms with Gasteiger partial charge in [-0.1, -0.05) is 42.5 Å². The SMILES string of the molecule is CN1CCN(S(=O)(=O)Cc2ccccc2)c2ccccc21. The van der Waals surface area contributed by atoms with Gasteiger partial charge in [-0.15, -0.1) is 0 Å². The van der Waals surface area contributed by atoms with Gasteiger partial charge in [0.25, 0.3) is 0 Å². The molecule has 0 saturated carbocycles. The van der Waals surface area contributed by atoms with Crippen LogP contribution in [-0.4, -0.2) is 28.6 Å². The molecular weight excluding hydrogens is 284 g/mol. The number of sulfonamides is 1. The maximum atomic E-state index is 12.7. The predicted octanol–water partition coefficient (Wildman–Crippen LogP) is 2.47. The number of nitrogens with zero attached hydrogens (tertiary/aromatic N) is 2. The number of para-hydroxylation sites is 2. The molecule has 0 bridgehead atoms. The second-order valence-electron chi connectivity index (χ2n) is 5.22. The van der Waals surface area contributed by atoms with Gasteiger partial charge in [0, 0.05) is 13.6 Å². The molecule has 0 radical (unpaired) electrons. The van der Waals surface area contributed by atoms with Crippen LogP contribution in [0.3, 0.4) is 0 Å². The molecule has 110 valence electrons. The summed E-state index contributed by atoms with van der Waals surface area (Å²) < 4.78 is 27.0. The molecule has 0 aliphatic carbocycles. The largest absolute Gasteiger partial charge is 0.371 e. The summed E-state index contributed by atoms with van der Waals surface area (Å²) in [7, 11) is -1.38. The number of benzene rings is 2. The van der Waals surface area contributed by atoms with Crippen molar-refractivity contribution >= 4 is 21.4 Å². The molecule has 2 aromatic rings. The minimum absolute atomic E-state index is 0.0336. The highest BCUT2D eigenvalue weighted by Gasteiger charge is 2.29. The lowest BCUT2D eigenvalue weighted by atomic mass is 10.2. The molecule has 4 nitrogen and oxygen atoms in total. The Morgan fingerprint density at radius 3 is 2.24 bits per heavy atom. The van der Waals surface area contributed by atoms with Gasteiger partial charge in [-0.05, 0) is 17.7 Å². The Labute approximate surface area is 125 Å². The second kappa shape index (κ2) is 5.41. The van der Waals surface area contributed by atoms with Crippen molar-refractivity contribution in [2.45, 2.75) is 5.75 Å². The summed E-state index contributed by atoms with van der Waals surface area (Å²) in [6, 6.07) is 16.9. The Bertz CT molecular complexity index is 729. The molecule has 0 spiro atoms. The molecule has 0 atom stereocenters. The minimum Gasteiger partial charge on any atom is -0.371 e. The molecule has 0 N–H and O–H groups in total. The number of likely N-dealkylation sites (N-methyl/N-ethyl adjacent to an activating group) is 1. The van der Waals surface area contributed by atoms with Crippen LogP contribution in [0.1, 0.15) is 5.56 Å². The molecule has 2 aromatic carbocycles. The highest BCUT2D eigenvalue weighted by atomic mass is 32.2. The topological polar surface area (TPSA) is 40.6 Å². The third kappa shape index (κ3) is 2.74. The summed E-state index contributed by atoms with van der Waals surface area (Å²) in [6.45, 7) is 1.19. The van der Waals surface area contributed by atoms with Crippen molar-refractivity contribution in [3.05, 3.63) is 60.2 Å². The summed E-state index contributed by atoms with van der Waals surface area (Å²) in [6.07, 6.45) is 0. The zero-order chi connectivity index (χ0) is 14.9. The van der Waals surface area contributed by atoms with Crippen molar-refractivity contribution < 1.29 is 8.42 Å². The zero-order valence-corrected chi connectivity index (χ0v) is 12.8. The van der Waals surface area contributed by atoms with Crippen LogP contribution in [0.2, 0.25) is 0 Å². The van der Waals surface area contributed by atoms with Crippen LogP contribution < -0.4 is 9.21 Å². The van der Waals surface area contributed by atoms with Crippen LogP contribution in [0.25, 0.3) is 0 Å². The summed E-state index contributed by atoms with van der Waals surface area (Å²) in [4.78, 5) is 2.09. The van der Waals surface area contributed by atoms with Crippen LogP contribution in [0, 0.1) is 0 Å². The third-order valence-corrected chi connectivity index (χ3v) is 5.48. The van der Waals surface area contributed by atoms with Crippen LogP contribution in [0.4, 0.5) is 11.4 Å². The normalized spacial score (nSPS) is 14.9. The first kappa shape index (κ1) is 13.9. The number of anilines is 2. The first-order valence-corrected chi connectivity index (χ1v) is 8.53. The maximum Gasteiger partial charge on any atom is 0.239 e. The van der Waals surface area contributed by atoms with Crippen LogP contribution >= 0.6 is 0 Å². The van der Waals surface area contributed by atoms with Crippen molar-refractivity contribution in [1.29, 1.82) is 0 Å². The van der Waals surface area contributed by atoms with Gasteiger partial charge in [0.2, 0.25) is 10.0 Å². The van der Waals surface area contributed by atoms with Gasteiger partial charge in [0.05, 0.1) is 23.7 Å². The molecule has 3 rings (SSSR count). The van der Waals surface area contributed by atoms with Crippen molar-refractivity contribution in [2.24, 2.45) is 0 Å². The van der Waals surface area contributed by atoms with Crippen molar-refractivity contribution in [1.82, 2.24) is 0 Å². The summed E-state index contributed by atoms with van der Waals surface area (Å²) in [5.41, 5.74) is 2.54. The van der Waals surface area contributed by atoms with Gasteiger partial charge in [0.15, 0.2) is 0 Å². The van der Waals surface area contributed by atoms with E-state index < -0.39 is 10.0 Å². The van der Waals surface area contributed by atoms with Crippen LogP contribution in [0.15, 0.2) is 54.6 Å². The molecule has 0 amide bonds. The predicted molar refractivity (Wildman–Crippen MR) is 86.1 cm³/mol. The molecule has 1 aliphatic heterocycles. The quantitative estimate of drug-likeness (QED) is 0.874. The van der Waals surface area contributed by atoms with Crippen LogP contribution in [-0.2, 0) is 15.8 Å². The Morgan fingerprint density at radius 2 is 1.52 bits per heavy atom. The molecule has 0 unspecified atom stereocenters. The number of hydrogen-bond donors (Lipinski definition) is 0. The summed E-state index contributed by atoms with van der Waals surface area (Å²) >= 11 is 0. The van der Waals surface area contributed by atoms with E-state index >= 15 is 0 Å². The van der Waals surface area contributed by atoms with E-state index in [0.29, 0.717) is 13.1 Å². The van der Waals surface area contributed by atoms with E-state index in [9.17, 15) is 8.42 Å². The minimum atomic E-state index is -3.37. The summed E-state index contributed by atoms with van der Waals surface area (Å²) in [5, 5.41) is 0. The van der Waals surface area contributed by atoms with Crippen molar-refractivity contribution in [2.75, 3.05) is 29.3 Å². The van der Waals surface area contributed by atoms with Crippen molar-refractivity contribution in [3.63, 3.8) is 0 Å². The van der Waals surface area contributed by atoms with Crippen LogP contribution in [0.5, 0.6) is 0 Å². The number of hydrogen-bond acceptors (Lipinski definition) is 3. The van der Waals surface area contributed by atoms with E-state index in [2.05, 4.69) is 4.90 Å². The molecule has 0 fully saturated rings. The number of fused-ring (bicyclic) bond motifs is 1. The van der Waals surface area contributed by atoms with E-state index in [1.807, 2.05) is 61.6 Å². The fourth-order valence-electron chi connectivity index (χ4n) is 2.63. The van der Waals surface area contributed by atoms with Gasteiger partial charge in [0.1, 0.15) is 0 Å². The molecule has 1 aliphatic rings. The molecule has 0 saturated heterocycles. The van der Waals surface area contributed by atoms with E-state index in [-0.39, 0.29) is 5.75 Å². The summed E-state index contributed by atoms with van der Waals surface area (Å²) in [5.74, 6) is 0.0336. The van der Waals surface area contributed by atoms with E-state index in [1.165, 1.54) is 4.31 Å². The van der Waals surface area contributed by atoms with E-state index in [1.54, 1.807) is 0 Å². The average Bonchev–Trinajstić information content (AvgIpc) is 2.48.